The second-order valence-corrected chi connectivity index (χ2v) is 10.5. The summed E-state index contributed by atoms with van der Waals surface area (Å²) in [6, 6.07) is 0. The summed E-state index contributed by atoms with van der Waals surface area (Å²) in [7, 11) is 0. The third-order valence-corrected chi connectivity index (χ3v) is 9.07. The van der Waals surface area contributed by atoms with Gasteiger partial charge in [-0.2, -0.15) is 0 Å². The Labute approximate surface area is 190 Å². The number of ether oxygens (including phenoxy) is 2. The predicted molar refractivity (Wildman–Crippen MR) is 117 cm³/mol. The molecule has 182 valence electrons. The van der Waals surface area contributed by atoms with E-state index in [1.54, 1.807) is 0 Å². The second kappa shape index (κ2) is 11.6. The molecule has 0 heterocycles. The molecule has 6 nitrogen and oxygen atoms in total. The quantitative estimate of drug-likeness (QED) is 0.473. The van der Waals surface area contributed by atoms with Crippen molar-refractivity contribution in [2.24, 2.45) is 47.3 Å². The van der Waals surface area contributed by atoms with Crippen molar-refractivity contribution in [3.05, 3.63) is 12.2 Å². The number of carbonyl (C=O) groups is 2. The molecule has 32 heavy (non-hydrogen) atoms. The lowest BCUT2D eigenvalue weighted by Crippen LogP contribution is -2.22. The molecule has 6 rings (SSSR count). The van der Waals surface area contributed by atoms with Crippen molar-refractivity contribution in [1.82, 2.24) is 0 Å². The van der Waals surface area contributed by atoms with E-state index >= 15 is 0 Å². The highest BCUT2D eigenvalue weighted by Crippen LogP contribution is 2.50. The maximum absolute atomic E-state index is 10.2. The highest BCUT2D eigenvalue weighted by molar-refractivity contribution is 5.38. The van der Waals surface area contributed by atoms with Gasteiger partial charge in [-0.3, -0.25) is 14.3 Å². The molecule has 6 aliphatic rings. The van der Waals surface area contributed by atoms with Crippen LogP contribution in [0.4, 0.5) is 4.70 Å². The van der Waals surface area contributed by atoms with E-state index in [-0.39, 0.29) is 23.5 Å². The Bertz CT molecular complexity index is 630. The number of hydrogen-bond acceptors (Lipinski definition) is 6. The van der Waals surface area contributed by atoms with Gasteiger partial charge in [0.15, 0.2) is 0 Å². The summed E-state index contributed by atoms with van der Waals surface area (Å²) >= 11 is 0. The maximum atomic E-state index is 10.2. The molecule has 0 saturated heterocycles. The summed E-state index contributed by atoms with van der Waals surface area (Å²) in [5, 5.41) is 18.4. The summed E-state index contributed by atoms with van der Waals surface area (Å²) in [6.07, 6.45) is 15.7. The Morgan fingerprint density at radius 2 is 1.47 bits per heavy atom. The summed E-state index contributed by atoms with van der Waals surface area (Å²) in [5.41, 5.74) is 0. The van der Waals surface area contributed by atoms with Crippen molar-refractivity contribution in [2.45, 2.75) is 70.0 Å². The van der Waals surface area contributed by atoms with Crippen molar-refractivity contribution in [1.29, 1.82) is 0 Å². The first-order valence-corrected chi connectivity index (χ1v) is 12.3. The number of aliphatic hydroxyl groups is 2. The molecular formula is C25H39FO6. The fraction of sp³-hybridized carbons (Fsp3) is 0.840. The third-order valence-electron chi connectivity index (χ3n) is 9.07. The Balaban J connectivity index is 0.000000141. The summed E-state index contributed by atoms with van der Waals surface area (Å²) in [5.74, 6) is 4.85. The van der Waals surface area contributed by atoms with Crippen molar-refractivity contribution in [3.8, 4) is 0 Å². The number of fused-ring (bicyclic) bond motifs is 6. The average molecular weight is 455 g/mol. The van der Waals surface area contributed by atoms with Gasteiger partial charge >= 0.3 is 0 Å². The monoisotopic (exact) mass is 454 g/mol. The van der Waals surface area contributed by atoms with Crippen molar-refractivity contribution < 1.29 is 34.0 Å². The molecule has 0 aromatic carbocycles. The minimum atomic E-state index is -0.101. The molecular weight excluding hydrogens is 415 g/mol. The zero-order valence-corrected chi connectivity index (χ0v) is 18.8. The largest absolute Gasteiger partial charge is 0.468 e. The van der Waals surface area contributed by atoms with Crippen molar-refractivity contribution in [2.75, 3.05) is 13.2 Å². The molecule has 5 fully saturated rings. The summed E-state index contributed by atoms with van der Waals surface area (Å²) < 4.78 is 9.82. The van der Waals surface area contributed by atoms with Gasteiger partial charge in [0.05, 0.1) is 12.7 Å². The minimum Gasteiger partial charge on any atom is -0.468 e. The van der Waals surface area contributed by atoms with E-state index in [1.165, 1.54) is 32.1 Å². The van der Waals surface area contributed by atoms with Crippen LogP contribution in [0.1, 0.15) is 57.8 Å². The Morgan fingerprint density at radius 1 is 0.812 bits per heavy atom. The van der Waals surface area contributed by atoms with Crippen LogP contribution in [-0.2, 0) is 19.1 Å². The van der Waals surface area contributed by atoms with Crippen LogP contribution in [0.25, 0.3) is 0 Å². The second-order valence-electron chi connectivity index (χ2n) is 10.5. The third kappa shape index (κ3) is 5.36. The molecule has 0 aliphatic heterocycles. The van der Waals surface area contributed by atoms with Gasteiger partial charge in [0.2, 0.25) is 0 Å². The first kappa shape index (κ1) is 25.2. The fourth-order valence-electron chi connectivity index (χ4n) is 7.49. The van der Waals surface area contributed by atoms with Crippen LogP contribution in [0.3, 0.4) is 0 Å². The lowest BCUT2D eigenvalue weighted by molar-refractivity contribution is -0.137. The molecule has 0 aromatic rings. The van der Waals surface area contributed by atoms with Gasteiger partial charge in [-0.25, -0.2) is 0 Å². The number of rotatable bonds is 6. The van der Waals surface area contributed by atoms with Crippen LogP contribution >= 0.6 is 0 Å². The molecule has 10 atom stereocenters. The van der Waals surface area contributed by atoms with Gasteiger partial charge in [0, 0.05) is 18.4 Å². The van der Waals surface area contributed by atoms with Gasteiger partial charge in [0.1, 0.15) is 6.10 Å². The molecule has 0 amide bonds. The van der Waals surface area contributed by atoms with Crippen LogP contribution in [0.5, 0.6) is 0 Å². The summed E-state index contributed by atoms with van der Waals surface area (Å²) in [6.45, 7) is 1.79. The van der Waals surface area contributed by atoms with E-state index in [0.717, 1.165) is 37.5 Å². The van der Waals surface area contributed by atoms with Crippen molar-refractivity contribution >= 4 is 12.9 Å². The molecule has 6 aliphatic carbocycles. The Kier molecular flexibility index (Phi) is 9.12. The van der Waals surface area contributed by atoms with Gasteiger partial charge in [-0.05, 0) is 93.3 Å². The molecule has 6 bridgehead atoms. The highest BCUT2D eigenvalue weighted by atomic mass is 19.0. The van der Waals surface area contributed by atoms with E-state index in [1.807, 2.05) is 0 Å². The van der Waals surface area contributed by atoms with E-state index in [2.05, 4.69) is 12.2 Å². The number of aliphatic hydroxyl groups excluding tert-OH is 2. The molecule has 0 aromatic heterocycles. The normalized spacial score (nSPS) is 43.6. The molecule has 0 spiro atoms. The van der Waals surface area contributed by atoms with E-state index in [9.17, 15) is 14.7 Å². The summed E-state index contributed by atoms with van der Waals surface area (Å²) in [4.78, 5) is 20.3. The van der Waals surface area contributed by atoms with E-state index < -0.39 is 0 Å². The van der Waals surface area contributed by atoms with Gasteiger partial charge in [-0.1, -0.05) is 12.2 Å². The smallest absolute Gasteiger partial charge is 0.293 e. The molecule has 2 N–H and O–H groups in total. The molecule has 7 heteroatoms. The molecule has 0 radical (unpaired) electrons. The maximum Gasteiger partial charge on any atom is 0.293 e. The van der Waals surface area contributed by atoms with Crippen LogP contribution < -0.4 is 0 Å². The molecule has 1 unspecified atom stereocenters. The van der Waals surface area contributed by atoms with Gasteiger partial charge < -0.3 is 19.7 Å². The van der Waals surface area contributed by atoms with Gasteiger partial charge in [0.25, 0.3) is 12.9 Å². The number of halogens is 1. The zero-order chi connectivity index (χ0) is 21.8. The van der Waals surface area contributed by atoms with Gasteiger partial charge in [-0.15, -0.1) is 0 Å². The van der Waals surface area contributed by atoms with Crippen LogP contribution in [0, 0.1) is 47.3 Å². The first-order valence-electron chi connectivity index (χ1n) is 12.3. The molecule has 5 saturated carbocycles. The first-order chi connectivity index (χ1) is 15.1. The standard InChI is InChI=1S/C10H14O4.C8H14O2.C7H10.FH/c11-5-13-4-9-7-1-2-8(9)10(3-7)14-6-12;9-4-7-5-1-2-6(7)8(10)3-5;1-2-7-4-3-6(1)5-7;/h5-10H,1-4H2;5-10H,1-4H2;1-2,6-7H,3-5H2;1H/t7-,8-,9+,10?;5-,6-,7+,8-;6-,7+;/m11../s1. The number of hydrogen-bond donors (Lipinski definition) is 2. The SMILES string of the molecule is C1=C[C@H]2CC[C@@H]1C2.F.O=COC[C@H]1[C@@H]2CC[C@H]1C(OC=O)C2.OC[C@H]1[C@@H]2CC[C@H]1[C@H](O)C2. The lowest BCUT2D eigenvalue weighted by atomic mass is 9.97. The Hall–Kier alpha value is -1.47. The zero-order valence-electron chi connectivity index (χ0n) is 18.8. The highest BCUT2D eigenvalue weighted by Gasteiger charge is 2.49. The number of carbonyl (C=O) groups excluding carboxylic acids is 2. The average Bonchev–Trinajstić information content (AvgIpc) is 3.62. The number of allylic oxidation sites excluding steroid dienone is 2. The van der Waals surface area contributed by atoms with Crippen LogP contribution in [0.15, 0.2) is 12.2 Å². The van der Waals surface area contributed by atoms with E-state index in [4.69, 9.17) is 14.6 Å². The predicted octanol–water partition coefficient (Wildman–Crippen LogP) is 3.26. The van der Waals surface area contributed by atoms with Crippen LogP contribution in [0.2, 0.25) is 0 Å². The minimum absolute atomic E-state index is 0. The Morgan fingerprint density at radius 3 is 1.88 bits per heavy atom. The van der Waals surface area contributed by atoms with E-state index in [0.29, 0.717) is 55.1 Å². The fourth-order valence-corrected chi connectivity index (χ4v) is 7.49. The lowest BCUT2D eigenvalue weighted by Gasteiger charge is -2.19. The topological polar surface area (TPSA) is 93.1 Å². The van der Waals surface area contributed by atoms with Crippen molar-refractivity contribution in [3.63, 3.8) is 0 Å². The van der Waals surface area contributed by atoms with Crippen LogP contribution in [-0.4, -0.2) is 48.6 Å².